The molecule has 2 heterocycles. The Morgan fingerprint density at radius 1 is 1.24 bits per heavy atom. The second-order valence-corrected chi connectivity index (χ2v) is 11.1. The molecular weight excluding hydrogens is 436 g/mol. The van der Waals surface area contributed by atoms with Gasteiger partial charge in [-0.05, 0) is 57.1 Å². The Hall–Kier alpha value is -1.83. The Labute approximate surface area is 202 Å². The van der Waals surface area contributed by atoms with Crippen LogP contribution in [0.2, 0.25) is 0 Å². The fourth-order valence-electron chi connectivity index (χ4n) is 4.30. The number of allylic oxidation sites excluding steroid dienone is 1. The van der Waals surface area contributed by atoms with E-state index >= 15 is 0 Å². The minimum absolute atomic E-state index is 0.0269. The lowest BCUT2D eigenvalue weighted by Crippen LogP contribution is -2.47. The lowest BCUT2D eigenvalue weighted by atomic mass is 9.73. The van der Waals surface area contributed by atoms with Gasteiger partial charge in [-0.15, -0.1) is 11.3 Å². The first-order chi connectivity index (χ1) is 15.4. The van der Waals surface area contributed by atoms with Gasteiger partial charge in [0.05, 0.1) is 40.8 Å². The Balaban J connectivity index is 2.27. The highest BCUT2D eigenvalue weighted by Crippen LogP contribution is 2.31. The monoisotopic (exact) mass is 476 g/mol. The number of carbonyl (C=O) groups is 2. The van der Waals surface area contributed by atoms with E-state index in [9.17, 15) is 19.8 Å². The maximum Gasteiger partial charge on any atom is 0.223 e. The molecule has 2 rings (SSSR count). The maximum atomic E-state index is 13.1. The van der Waals surface area contributed by atoms with Crippen LogP contribution in [-0.2, 0) is 9.59 Å². The number of aryl methyl sites for hydroxylation is 1. The van der Waals surface area contributed by atoms with Gasteiger partial charge in [0.15, 0.2) is 0 Å². The van der Waals surface area contributed by atoms with Gasteiger partial charge < -0.3 is 15.5 Å². The quantitative estimate of drug-likeness (QED) is 0.548. The summed E-state index contributed by atoms with van der Waals surface area (Å²) in [5.74, 6) is -1.17. The second-order valence-electron chi connectivity index (χ2n) is 10.0. The number of nitrogens with zero attached hydrogens (tertiary/aromatic N) is 1. The predicted octanol–water partition coefficient (Wildman–Crippen LogP) is 4.45. The molecule has 1 aliphatic rings. The number of hydrogen-bond acceptors (Lipinski definition) is 6. The molecule has 1 aromatic heterocycles. The van der Waals surface area contributed by atoms with Crippen molar-refractivity contribution >= 4 is 29.1 Å². The summed E-state index contributed by atoms with van der Waals surface area (Å²) < 4.78 is 0. The van der Waals surface area contributed by atoms with Crippen LogP contribution in [0.5, 0.6) is 0 Å². The number of rotatable bonds is 2. The summed E-state index contributed by atoms with van der Waals surface area (Å²) in [4.78, 5) is 30.5. The van der Waals surface area contributed by atoms with Crippen LogP contribution in [0.15, 0.2) is 23.1 Å². The fraction of sp³-hybridized carbons (Fsp3) is 0.654. The highest BCUT2D eigenvalue weighted by molar-refractivity contribution is 7.09. The van der Waals surface area contributed by atoms with Gasteiger partial charge in [-0.25, -0.2) is 4.98 Å². The third-order valence-electron chi connectivity index (χ3n) is 6.82. The molecule has 0 unspecified atom stereocenters. The first-order valence-electron chi connectivity index (χ1n) is 11.9. The van der Waals surface area contributed by atoms with Crippen molar-refractivity contribution in [3.05, 3.63) is 33.8 Å². The van der Waals surface area contributed by atoms with E-state index in [-0.39, 0.29) is 30.1 Å². The summed E-state index contributed by atoms with van der Waals surface area (Å²) in [5, 5.41) is 27.5. The van der Waals surface area contributed by atoms with E-state index in [0.717, 1.165) is 35.5 Å². The van der Waals surface area contributed by atoms with Crippen molar-refractivity contribution in [3.63, 3.8) is 0 Å². The molecule has 0 spiro atoms. The zero-order valence-electron chi connectivity index (χ0n) is 20.8. The molecule has 1 aromatic rings. The van der Waals surface area contributed by atoms with Crippen molar-refractivity contribution in [2.45, 2.75) is 91.9 Å². The summed E-state index contributed by atoms with van der Waals surface area (Å²) in [6, 6.07) is -0.227. The third kappa shape index (κ3) is 7.59. The highest BCUT2D eigenvalue weighted by Gasteiger charge is 2.42. The summed E-state index contributed by atoms with van der Waals surface area (Å²) in [7, 11) is 0. The van der Waals surface area contributed by atoms with Crippen molar-refractivity contribution in [2.75, 3.05) is 0 Å². The average molecular weight is 477 g/mol. The molecule has 1 aliphatic heterocycles. The van der Waals surface area contributed by atoms with Crippen LogP contribution in [0, 0.1) is 24.2 Å². The molecule has 0 radical (unpaired) electrons. The van der Waals surface area contributed by atoms with Crippen LogP contribution < -0.4 is 5.32 Å². The maximum absolute atomic E-state index is 13.1. The molecule has 33 heavy (non-hydrogen) atoms. The van der Waals surface area contributed by atoms with Gasteiger partial charge in [0, 0.05) is 11.3 Å². The highest BCUT2D eigenvalue weighted by atomic mass is 32.1. The molecule has 0 aromatic carbocycles. The molecule has 5 atom stereocenters. The minimum Gasteiger partial charge on any atom is -0.392 e. The van der Waals surface area contributed by atoms with Crippen molar-refractivity contribution in [1.29, 1.82) is 0 Å². The first-order valence-corrected chi connectivity index (χ1v) is 12.8. The van der Waals surface area contributed by atoms with E-state index in [1.54, 1.807) is 32.1 Å². The van der Waals surface area contributed by atoms with Crippen LogP contribution >= 0.6 is 11.3 Å². The number of carbonyl (C=O) groups excluding carboxylic acids is 2. The van der Waals surface area contributed by atoms with Gasteiger partial charge in [0.1, 0.15) is 5.78 Å². The van der Waals surface area contributed by atoms with Crippen molar-refractivity contribution < 1.29 is 19.8 Å². The number of nitrogens with one attached hydrogen (secondary N) is 1. The molecule has 0 aliphatic carbocycles. The third-order valence-corrected chi connectivity index (χ3v) is 7.61. The van der Waals surface area contributed by atoms with E-state index in [1.807, 2.05) is 32.2 Å². The molecule has 0 saturated heterocycles. The normalized spacial score (nSPS) is 31.8. The van der Waals surface area contributed by atoms with E-state index in [2.05, 4.69) is 22.5 Å². The number of ketones is 1. The molecule has 6 nitrogen and oxygen atoms in total. The van der Waals surface area contributed by atoms with Gasteiger partial charge >= 0.3 is 0 Å². The van der Waals surface area contributed by atoms with Gasteiger partial charge in [-0.3, -0.25) is 9.59 Å². The molecule has 0 fully saturated rings. The van der Waals surface area contributed by atoms with E-state index < -0.39 is 23.5 Å². The summed E-state index contributed by atoms with van der Waals surface area (Å²) in [6.07, 6.45) is 7.29. The van der Waals surface area contributed by atoms with Crippen LogP contribution in [0.25, 0.3) is 6.08 Å². The van der Waals surface area contributed by atoms with Crippen LogP contribution in [0.1, 0.15) is 77.4 Å². The second kappa shape index (κ2) is 12.0. The Morgan fingerprint density at radius 2 is 1.94 bits per heavy atom. The summed E-state index contributed by atoms with van der Waals surface area (Å²) in [5.41, 5.74) is 0.704. The first kappa shape index (κ1) is 27.4. The fourth-order valence-corrected chi connectivity index (χ4v) is 4.87. The number of amides is 1. The minimum atomic E-state index is -1.15. The molecule has 0 bridgehead atoms. The molecule has 0 saturated carbocycles. The molecule has 1 amide bonds. The lowest BCUT2D eigenvalue weighted by molar-refractivity contribution is -0.143. The van der Waals surface area contributed by atoms with Crippen LogP contribution in [0.4, 0.5) is 0 Å². The Morgan fingerprint density at radius 3 is 2.58 bits per heavy atom. The number of aliphatic hydroxyl groups is 2. The number of aliphatic hydroxyl groups excluding tert-OH is 2. The topological polar surface area (TPSA) is 99.5 Å². The largest absolute Gasteiger partial charge is 0.392 e. The predicted molar refractivity (Wildman–Crippen MR) is 134 cm³/mol. The molecule has 184 valence electrons. The van der Waals surface area contributed by atoms with Crippen molar-refractivity contribution in [1.82, 2.24) is 10.3 Å². The lowest BCUT2D eigenvalue weighted by Gasteiger charge is -2.34. The molecule has 3 N–H and O–H groups in total. The van der Waals surface area contributed by atoms with Crippen molar-refractivity contribution in [3.8, 4) is 0 Å². The number of hydrogen-bond donors (Lipinski definition) is 3. The summed E-state index contributed by atoms with van der Waals surface area (Å²) >= 11 is 1.58. The number of thiazole rings is 1. The average Bonchev–Trinajstić information content (AvgIpc) is 3.16. The van der Waals surface area contributed by atoms with E-state index in [1.165, 1.54) is 0 Å². The van der Waals surface area contributed by atoms with Gasteiger partial charge in [0.25, 0.3) is 0 Å². The standard InChI is InChI=1S/C26H40N2O4S/c1-16-11-9-7-8-10-12-21(17(2)13-20-15-33-19(4)27-20)28-23(30)14-22(29)26(5,6)25(32)18(3)24(16)31/h8,10,13,15-16,18,21-22,24,29,31H,7,9,11-12,14H2,1-6H3,(H,28,30)/b10-8-,17-13+/t16-,18+,21-,22-,24-/m0/s1. The zero-order valence-corrected chi connectivity index (χ0v) is 21.6. The molecular formula is C26H40N2O4S. The Kier molecular flexibility index (Phi) is 10.0. The number of aromatic nitrogens is 1. The van der Waals surface area contributed by atoms with Crippen LogP contribution in [0.3, 0.4) is 0 Å². The van der Waals surface area contributed by atoms with Gasteiger partial charge in [-0.1, -0.05) is 39.8 Å². The Bertz CT molecular complexity index is 873. The summed E-state index contributed by atoms with van der Waals surface area (Å²) in [6.45, 7) is 10.9. The van der Waals surface area contributed by atoms with Gasteiger partial charge in [0.2, 0.25) is 5.91 Å². The SMILES string of the molecule is C/C(=C\c1csc(C)n1)[C@@H]1C/C=C\CCC[C@H](C)[C@H](O)[C@@H](C)C(=O)C(C)(C)[C@@H](O)CC(=O)N1. The van der Waals surface area contributed by atoms with E-state index in [0.29, 0.717) is 6.42 Å². The molecule has 7 heteroatoms. The zero-order chi connectivity index (χ0) is 24.8. The number of Topliss-reactive ketones (excluding diaryl/α,β-unsaturated/α-hetero) is 1. The van der Waals surface area contributed by atoms with Crippen LogP contribution in [-0.4, -0.2) is 45.1 Å². The van der Waals surface area contributed by atoms with Crippen molar-refractivity contribution in [2.24, 2.45) is 17.3 Å². The van der Waals surface area contributed by atoms with Gasteiger partial charge in [-0.2, -0.15) is 0 Å². The van der Waals surface area contributed by atoms with E-state index in [4.69, 9.17) is 0 Å². The smallest absolute Gasteiger partial charge is 0.223 e.